The molecule has 5 heteroatoms. The van der Waals surface area contributed by atoms with Gasteiger partial charge in [0.05, 0.1) is 11.2 Å². The highest BCUT2D eigenvalue weighted by atomic mass is 35.5. The van der Waals surface area contributed by atoms with Crippen molar-refractivity contribution < 1.29 is 4.74 Å². The van der Waals surface area contributed by atoms with E-state index >= 15 is 0 Å². The van der Waals surface area contributed by atoms with E-state index in [0.29, 0.717) is 6.61 Å². The second-order valence-electron chi connectivity index (χ2n) is 4.23. The zero-order valence-electron chi connectivity index (χ0n) is 11.0. The highest BCUT2D eigenvalue weighted by Gasteiger charge is 2.12. The topological polar surface area (TPSA) is 34.1 Å². The number of halogens is 1. The van der Waals surface area contributed by atoms with Crippen LogP contribution in [0.15, 0.2) is 29.1 Å². The van der Waals surface area contributed by atoms with Gasteiger partial charge in [-0.15, -0.1) is 11.3 Å². The fraction of sp³-hybridized carbons (Fsp3) is 0.357. The quantitative estimate of drug-likeness (QED) is 0.873. The number of hydrogen-bond acceptors (Lipinski definition) is 4. The van der Waals surface area contributed by atoms with Gasteiger partial charge in [0.25, 0.3) is 0 Å². The molecular weight excluding hydrogens is 280 g/mol. The average Bonchev–Trinajstić information content (AvgIpc) is 2.90. The van der Waals surface area contributed by atoms with Crippen molar-refractivity contribution in [3.05, 3.63) is 45.4 Å². The predicted octanol–water partition coefficient (Wildman–Crippen LogP) is 4.05. The van der Waals surface area contributed by atoms with Crippen LogP contribution in [0.1, 0.15) is 31.1 Å². The molecule has 1 atom stereocenters. The summed E-state index contributed by atoms with van der Waals surface area (Å²) in [4.78, 5) is 4.21. The first-order valence-corrected chi connectivity index (χ1v) is 7.55. The van der Waals surface area contributed by atoms with Gasteiger partial charge < -0.3 is 10.1 Å². The van der Waals surface area contributed by atoms with Crippen LogP contribution in [0.3, 0.4) is 0 Å². The van der Waals surface area contributed by atoms with Crippen molar-refractivity contribution in [2.75, 3.05) is 6.54 Å². The molecule has 0 spiro atoms. The van der Waals surface area contributed by atoms with Crippen LogP contribution in [-0.2, 0) is 6.61 Å². The van der Waals surface area contributed by atoms with Crippen molar-refractivity contribution in [2.24, 2.45) is 0 Å². The summed E-state index contributed by atoms with van der Waals surface area (Å²) >= 11 is 7.64. The zero-order chi connectivity index (χ0) is 13.7. The Balaban J connectivity index is 2.14. The molecule has 2 aromatic rings. The van der Waals surface area contributed by atoms with Gasteiger partial charge in [0, 0.05) is 22.0 Å². The largest absolute Gasteiger partial charge is 0.487 e. The maximum absolute atomic E-state index is 6.07. The van der Waals surface area contributed by atoms with Crippen LogP contribution in [0.25, 0.3) is 0 Å². The fourth-order valence-electron chi connectivity index (χ4n) is 1.87. The molecule has 0 fully saturated rings. The van der Waals surface area contributed by atoms with Crippen molar-refractivity contribution in [1.82, 2.24) is 10.3 Å². The van der Waals surface area contributed by atoms with Crippen molar-refractivity contribution in [3.63, 3.8) is 0 Å². The Morgan fingerprint density at radius 2 is 2.32 bits per heavy atom. The summed E-state index contributed by atoms with van der Waals surface area (Å²) in [7, 11) is 0. The van der Waals surface area contributed by atoms with E-state index in [1.165, 1.54) is 0 Å². The second-order valence-corrected chi connectivity index (χ2v) is 5.39. The Bertz CT molecular complexity index is 516. The van der Waals surface area contributed by atoms with Crippen LogP contribution in [0, 0.1) is 0 Å². The third kappa shape index (κ3) is 3.93. The van der Waals surface area contributed by atoms with Crippen LogP contribution in [0.2, 0.25) is 5.02 Å². The molecule has 0 radical (unpaired) electrons. The lowest BCUT2D eigenvalue weighted by molar-refractivity contribution is 0.296. The minimum atomic E-state index is 0.203. The summed E-state index contributed by atoms with van der Waals surface area (Å²) in [6.45, 7) is 5.57. The van der Waals surface area contributed by atoms with E-state index in [9.17, 15) is 0 Å². The highest BCUT2D eigenvalue weighted by molar-refractivity contribution is 7.07. The van der Waals surface area contributed by atoms with Crippen LogP contribution < -0.4 is 10.1 Å². The molecule has 0 aliphatic rings. The molecule has 3 nitrogen and oxygen atoms in total. The van der Waals surface area contributed by atoms with Gasteiger partial charge in [-0.05, 0) is 31.7 Å². The first kappa shape index (κ1) is 14.3. The molecule has 2 rings (SSSR count). The van der Waals surface area contributed by atoms with Crippen molar-refractivity contribution in [1.29, 1.82) is 0 Å². The molecule has 19 heavy (non-hydrogen) atoms. The summed E-state index contributed by atoms with van der Waals surface area (Å²) in [6, 6.07) is 5.91. The highest BCUT2D eigenvalue weighted by Crippen LogP contribution is 2.29. The lowest BCUT2D eigenvalue weighted by atomic mass is 10.1. The van der Waals surface area contributed by atoms with E-state index < -0.39 is 0 Å². The van der Waals surface area contributed by atoms with Crippen molar-refractivity contribution >= 4 is 22.9 Å². The van der Waals surface area contributed by atoms with Gasteiger partial charge >= 0.3 is 0 Å². The van der Waals surface area contributed by atoms with Crippen LogP contribution in [-0.4, -0.2) is 11.5 Å². The molecule has 1 heterocycles. The molecule has 0 saturated carbocycles. The minimum Gasteiger partial charge on any atom is -0.487 e. The Morgan fingerprint density at radius 3 is 3.00 bits per heavy atom. The first-order chi connectivity index (χ1) is 9.20. The number of nitrogens with one attached hydrogen (secondary N) is 1. The third-order valence-corrected chi connectivity index (χ3v) is 3.68. The molecule has 102 valence electrons. The summed E-state index contributed by atoms with van der Waals surface area (Å²) < 4.78 is 5.85. The van der Waals surface area contributed by atoms with Crippen LogP contribution in [0.4, 0.5) is 0 Å². The van der Waals surface area contributed by atoms with E-state index in [-0.39, 0.29) is 6.04 Å². The molecule has 0 bridgehead atoms. The van der Waals surface area contributed by atoms with E-state index in [1.54, 1.807) is 11.3 Å². The standard InChI is InChI=1S/C14H17ClN2OS/c1-3-16-10(2)13-6-11(15)4-5-14(13)18-7-12-8-19-9-17-12/h4-6,8-10,16H,3,7H2,1-2H3. The lowest BCUT2D eigenvalue weighted by Gasteiger charge is -2.17. The van der Waals surface area contributed by atoms with Gasteiger partial charge in [0.15, 0.2) is 0 Å². The zero-order valence-corrected chi connectivity index (χ0v) is 12.6. The molecule has 1 aromatic heterocycles. The normalized spacial score (nSPS) is 12.4. The van der Waals surface area contributed by atoms with E-state index in [2.05, 4.69) is 24.1 Å². The Labute approximate surface area is 122 Å². The van der Waals surface area contributed by atoms with E-state index in [0.717, 1.165) is 28.6 Å². The summed E-state index contributed by atoms with van der Waals surface area (Å²) in [6.07, 6.45) is 0. The molecule has 1 unspecified atom stereocenters. The van der Waals surface area contributed by atoms with Gasteiger partial charge in [0.2, 0.25) is 0 Å². The summed E-state index contributed by atoms with van der Waals surface area (Å²) in [5.74, 6) is 0.853. The number of benzene rings is 1. The SMILES string of the molecule is CCNC(C)c1cc(Cl)ccc1OCc1cscn1. The maximum atomic E-state index is 6.07. The number of hydrogen-bond donors (Lipinski definition) is 1. The van der Waals surface area contributed by atoms with Gasteiger partial charge in [-0.1, -0.05) is 18.5 Å². The number of aromatic nitrogens is 1. The minimum absolute atomic E-state index is 0.203. The molecule has 0 saturated heterocycles. The molecule has 0 aliphatic heterocycles. The maximum Gasteiger partial charge on any atom is 0.131 e. The summed E-state index contributed by atoms with van der Waals surface area (Å²) in [5, 5.41) is 6.08. The predicted molar refractivity (Wildman–Crippen MR) is 80.0 cm³/mol. The van der Waals surface area contributed by atoms with Gasteiger partial charge in [-0.2, -0.15) is 0 Å². The number of rotatable bonds is 6. The summed E-state index contributed by atoms with van der Waals surface area (Å²) in [5.41, 5.74) is 3.83. The smallest absolute Gasteiger partial charge is 0.131 e. The number of thiazole rings is 1. The van der Waals surface area contributed by atoms with Gasteiger partial charge in [-0.25, -0.2) is 4.98 Å². The molecule has 1 aromatic carbocycles. The average molecular weight is 297 g/mol. The van der Waals surface area contributed by atoms with Crippen LogP contribution in [0.5, 0.6) is 5.75 Å². The van der Waals surface area contributed by atoms with Crippen molar-refractivity contribution in [2.45, 2.75) is 26.5 Å². The van der Waals surface area contributed by atoms with E-state index in [1.807, 2.05) is 29.1 Å². The molecule has 1 N–H and O–H groups in total. The third-order valence-electron chi connectivity index (χ3n) is 2.81. The number of nitrogens with zero attached hydrogens (tertiary/aromatic N) is 1. The molecule has 0 amide bonds. The fourth-order valence-corrected chi connectivity index (χ4v) is 2.59. The molecular formula is C14H17ClN2OS. The van der Waals surface area contributed by atoms with Gasteiger partial charge in [0.1, 0.15) is 12.4 Å². The Kier molecular flexibility index (Phi) is 5.19. The Morgan fingerprint density at radius 1 is 1.47 bits per heavy atom. The van der Waals surface area contributed by atoms with Gasteiger partial charge in [-0.3, -0.25) is 0 Å². The Hall–Kier alpha value is -1.10. The van der Waals surface area contributed by atoms with Crippen LogP contribution >= 0.6 is 22.9 Å². The second kappa shape index (κ2) is 6.89. The lowest BCUT2D eigenvalue weighted by Crippen LogP contribution is -2.18. The monoisotopic (exact) mass is 296 g/mol. The first-order valence-electron chi connectivity index (χ1n) is 6.23. The van der Waals surface area contributed by atoms with Crippen molar-refractivity contribution in [3.8, 4) is 5.75 Å². The number of ether oxygens (including phenoxy) is 1. The molecule has 0 aliphatic carbocycles. The van der Waals surface area contributed by atoms with E-state index in [4.69, 9.17) is 16.3 Å².